The third-order valence-electron chi connectivity index (χ3n) is 4.56. The summed E-state index contributed by atoms with van der Waals surface area (Å²) in [6, 6.07) is 22.3. The van der Waals surface area contributed by atoms with Crippen LogP contribution in [0.5, 0.6) is 5.75 Å². The average molecular weight is 600 g/mol. The fourth-order valence-corrected chi connectivity index (χ4v) is 4.05. The second-order valence-electron chi connectivity index (χ2n) is 6.74. The van der Waals surface area contributed by atoms with Crippen LogP contribution in [0, 0.1) is 14.9 Å². The van der Waals surface area contributed by atoms with Crippen molar-refractivity contribution in [2.75, 3.05) is 0 Å². The Bertz CT molecular complexity index is 1370. The molecule has 0 fully saturated rings. The third-order valence-corrected chi connectivity index (χ3v) is 5.90. The largest absolute Gasteiger partial charge is 0.488 e. The first-order chi connectivity index (χ1) is 15.5. The van der Waals surface area contributed by atoms with Gasteiger partial charge in [0.25, 0.3) is 0 Å². The van der Waals surface area contributed by atoms with Gasteiger partial charge in [-0.3, -0.25) is 4.79 Å². The summed E-state index contributed by atoms with van der Waals surface area (Å²) in [4.78, 5) is 12.3. The van der Waals surface area contributed by atoms with E-state index in [1.807, 2.05) is 48.5 Å². The summed E-state index contributed by atoms with van der Waals surface area (Å²) in [5, 5.41) is 14.0. The van der Waals surface area contributed by atoms with Gasteiger partial charge in [0.2, 0.25) is 0 Å². The molecule has 1 N–H and O–H groups in total. The van der Waals surface area contributed by atoms with E-state index in [0.717, 1.165) is 24.6 Å². The van der Waals surface area contributed by atoms with Crippen LogP contribution in [0.25, 0.3) is 11.0 Å². The number of hydrogen-bond acceptors (Lipinski definition) is 5. The molecule has 8 heteroatoms. The average Bonchev–Trinajstić information content (AvgIpc) is 3.22. The lowest BCUT2D eigenvalue weighted by molar-refractivity contribution is 0.0929. The molecular formula is C24H15BrIN3O3. The topological polar surface area (TPSA) is 87.6 Å². The molecule has 4 aromatic rings. The summed E-state index contributed by atoms with van der Waals surface area (Å²) < 4.78 is 13.2. The Morgan fingerprint density at radius 3 is 2.84 bits per heavy atom. The van der Waals surface area contributed by atoms with Crippen LogP contribution >= 0.6 is 38.5 Å². The Hall–Kier alpha value is -3.16. The molecule has 0 radical (unpaired) electrons. The normalized spacial score (nSPS) is 10.9. The number of furan rings is 1. The molecule has 0 atom stereocenters. The van der Waals surface area contributed by atoms with E-state index >= 15 is 0 Å². The lowest BCUT2D eigenvalue weighted by atomic mass is 10.1. The highest BCUT2D eigenvalue weighted by molar-refractivity contribution is 14.1. The van der Waals surface area contributed by atoms with Gasteiger partial charge in [0.15, 0.2) is 5.76 Å². The minimum absolute atomic E-state index is 0.186. The molecule has 158 valence electrons. The van der Waals surface area contributed by atoms with Gasteiger partial charge in [-0.1, -0.05) is 34.1 Å². The number of carbonyl (C=O) groups is 1. The maximum atomic E-state index is 12.3. The van der Waals surface area contributed by atoms with Gasteiger partial charge in [-0.25, -0.2) is 5.43 Å². The monoisotopic (exact) mass is 599 g/mol. The molecule has 0 unspecified atom stereocenters. The predicted octanol–water partition coefficient (Wildman–Crippen LogP) is 6.01. The number of carbonyl (C=O) groups excluding carboxylic acids is 1. The molecule has 0 spiro atoms. The highest BCUT2D eigenvalue weighted by Gasteiger charge is 2.12. The maximum Gasteiger partial charge on any atom is 0.307 e. The molecule has 0 aliphatic heterocycles. The lowest BCUT2D eigenvalue weighted by Crippen LogP contribution is -2.16. The van der Waals surface area contributed by atoms with E-state index in [1.165, 1.54) is 0 Å². The number of hydrogen-bond donors (Lipinski definition) is 1. The number of nitrogens with one attached hydrogen (secondary N) is 1. The van der Waals surface area contributed by atoms with E-state index in [1.54, 1.807) is 24.4 Å². The molecule has 4 rings (SSSR count). The minimum atomic E-state index is -0.431. The molecule has 1 aromatic heterocycles. The Morgan fingerprint density at radius 2 is 2.03 bits per heavy atom. The SMILES string of the molecule is N#Cc1ccccc1COc1ccc(/C=N/NC(=O)c2cc3cc(Br)ccc3o2)cc1I. The molecule has 0 aliphatic carbocycles. The van der Waals surface area contributed by atoms with E-state index in [4.69, 9.17) is 9.15 Å². The van der Waals surface area contributed by atoms with E-state index in [2.05, 4.69) is 55.1 Å². The molecular weight excluding hydrogens is 585 g/mol. The van der Waals surface area contributed by atoms with Gasteiger partial charge < -0.3 is 9.15 Å². The van der Waals surface area contributed by atoms with Crippen LogP contribution < -0.4 is 10.2 Å². The van der Waals surface area contributed by atoms with Crippen LogP contribution in [0.4, 0.5) is 0 Å². The van der Waals surface area contributed by atoms with E-state index < -0.39 is 5.91 Å². The van der Waals surface area contributed by atoms with Crippen molar-refractivity contribution in [2.45, 2.75) is 6.61 Å². The first-order valence-corrected chi connectivity index (χ1v) is 11.3. The summed E-state index contributed by atoms with van der Waals surface area (Å²) in [5.41, 5.74) is 5.33. The van der Waals surface area contributed by atoms with Gasteiger partial charge in [0.1, 0.15) is 17.9 Å². The van der Waals surface area contributed by atoms with E-state index in [9.17, 15) is 10.1 Å². The van der Waals surface area contributed by atoms with Crippen molar-refractivity contribution in [3.63, 3.8) is 0 Å². The molecule has 1 heterocycles. The Kier molecular flexibility index (Phi) is 6.87. The standard InChI is InChI=1S/C24H15BrIN3O3/c25-19-6-8-21-18(10-19)11-23(32-21)24(30)29-28-13-15-5-7-22(20(26)9-15)31-14-17-4-2-1-3-16(17)12-27/h1-11,13H,14H2,(H,29,30)/b28-13+. The molecule has 32 heavy (non-hydrogen) atoms. The highest BCUT2D eigenvalue weighted by atomic mass is 127. The fourth-order valence-electron chi connectivity index (χ4n) is 2.97. The summed E-state index contributed by atoms with van der Waals surface area (Å²) >= 11 is 5.57. The zero-order valence-electron chi connectivity index (χ0n) is 16.5. The van der Waals surface area contributed by atoms with Crippen molar-refractivity contribution < 1.29 is 13.9 Å². The number of fused-ring (bicyclic) bond motifs is 1. The van der Waals surface area contributed by atoms with E-state index in [0.29, 0.717) is 23.5 Å². The van der Waals surface area contributed by atoms with Crippen LogP contribution in [-0.2, 0) is 6.61 Å². The summed E-state index contributed by atoms with van der Waals surface area (Å²) in [6.45, 7) is 0.303. The number of halogens is 2. The molecule has 0 aliphatic rings. The van der Waals surface area contributed by atoms with Gasteiger partial charge in [-0.2, -0.15) is 10.4 Å². The lowest BCUT2D eigenvalue weighted by Gasteiger charge is -2.10. The van der Waals surface area contributed by atoms with Gasteiger partial charge in [0.05, 0.1) is 21.4 Å². The summed E-state index contributed by atoms with van der Waals surface area (Å²) in [5.74, 6) is 0.457. The minimum Gasteiger partial charge on any atom is -0.488 e. The van der Waals surface area contributed by atoms with Crippen LogP contribution in [0.15, 0.2) is 80.7 Å². The molecule has 0 saturated carbocycles. The molecule has 3 aromatic carbocycles. The second-order valence-corrected chi connectivity index (χ2v) is 8.82. The zero-order valence-corrected chi connectivity index (χ0v) is 20.3. The van der Waals surface area contributed by atoms with Crippen LogP contribution in [-0.4, -0.2) is 12.1 Å². The zero-order chi connectivity index (χ0) is 22.5. The van der Waals surface area contributed by atoms with Crippen molar-refractivity contribution in [1.82, 2.24) is 5.43 Å². The van der Waals surface area contributed by atoms with Gasteiger partial charge in [-0.15, -0.1) is 0 Å². The number of nitriles is 1. The molecule has 0 bridgehead atoms. The smallest absolute Gasteiger partial charge is 0.307 e. The third kappa shape index (κ3) is 5.18. The van der Waals surface area contributed by atoms with E-state index in [-0.39, 0.29) is 5.76 Å². The molecule has 6 nitrogen and oxygen atoms in total. The Morgan fingerprint density at radius 1 is 1.19 bits per heavy atom. The Labute approximate surface area is 206 Å². The number of amides is 1. The van der Waals surface area contributed by atoms with Crippen LogP contribution in [0.1, 0.15) is 27.2 Å². The van der Waals surface area contributed by atoms with Crippen molar-refractivity contribution >= 4 is 61.6 Å². The second kappa shape index (κ2) is 9.97. The first-order valence-electron chi connectivity index (χ1n) is 9.46. The summed E-state index contributed by atoms with van der Waals surface area (Å²) in [6.07, 6.45) is 1.55. The number of ether oxygens (including phenoxy) is 1. The number of hydrazone groups is 1. The van der Waals surface area contributed by atoms with Gasteiger partial charge in [-0.05, 0) is 76.7 Å². The maximum absolute atomic E-state index is 12.3. The van der Waals surface area contributed by atoms with Crippen molar-refractivity contribution in [3.8, 4) is 11.8 Å². The van der Waals surface area contributed by atoms with Gasteiger partial charge >= 0.3 is 5.91 Å². The fraction of sp³-hybridized carbons (Fsp3) is 0.0417. The van der Waals surface area contributed by atoms with Crippen molar-refractivity contribution in [1.29, 1.82) is 5.26 Å². The van der Waals surface area contributed by atoms with Crippen molar-refractivity contribution in [3.05, 3.63) is 97.2 Å². The molecule has 0 saturated heterocycles. The predicted molar refractivity (Wildman–Crippen MR) is 134 cm³/mol. The number of rotatable bonds is 6. The number of nitrogens with zero attached hydrogens (tertiary/aromatic N) is 2. The highest BCUT2D eigenvalue weighted by Crippen LogP contribution is 2.24. The number of benzene rings is 3. The Balaban J connectivity index is 1.38. The van der Waals surface area contributed by atoms with Crippen LogP contribution in [0.3, 0.4) is 0 Å². The molecule has 1 amide bonds. The summed E-state index contributed by atoms with van der Waals surface area (Å²) in [7, 11) is 0. The first kappa shape index (κ1) is 22.0. The van der Waals surface area contributed by atoms with Gasteiger partial charge in [0, 0.05) is 15.4 Å². The van der Waals surface area contributed by atoms with Crippen molar-refractivity contribution in [2.24, 2.45) is 5.10 Å². The quantitative estimate of drug-likeness (QED) is 0.167. The van der Waals surface area contributed by atoms with Crippen LogP contribution in [0.2, 0.25) is 0 Å².